The van der Waals surface area contributed by atoms with Gasteiger partial charge in [-0.15, -0.1) is 0 Å². The molecule has 37 heavy (non-hydrogen) atoms. The molecule has 0 aliphatic carbocycles. The minimum atomic E-state index is -4.20. The van der Waals surface area contributed by atoms with E-state index in [0.29, 0.717) is 17.0 Å². The number of nitrogens with zero attached hydrogens (tertiary/aromatic N) is 2. The van der Waals surface area contributed by atoms with Gasteiger partial charge in [0.25, 0.3) is 15.9 Å². The maximum atomic E-state index is 13.5. The van der Waals surface area contributed by atoms with E-state index in [0.717, 1.165) is 4.31 Å². The Bertz CT molecular complexity index is 1400. The quantitative estimate of drug-likeness (QED) is 0.300. The zero-order chi connectivity index (χ0) is 27.0. The van der Waals surface area contributed by atoms with Crippen LogP contribution in [0.3, 0.4) is 0 Å². The molecule has 0 fully saturated rings. The van der Waals surface area contributed by atoms with E-state index in [4.69, 9.17) is 4.74 Å². The van der Waals surface area contributed by atoms with Gasteiger partial charge in [0.1, 0.15) is 12.3 Å². The fraction of sp³-hybridized carbons (Fsp3) is 0.120. The van der Waals surface area contributed by atoms with Crippen LogP contribution in [0.4, 0.5) is 11.4 Å². The fourth-order valence-corrected chi connectivity index (χ4v) is 4.58. The number of hydrogen-bond acceptors (Lipinski definition) is 8. The predicted molar refractivity (Wildman–Crippen MR) is 135 cm³/mol. The van der Waals surface area contributed by atoms with E-state index in [1.807, 2.05) is 0 Å². The molecule has 2 N–H and O–H groups in total. The number of amides is 2. The fourth-order valence-electron chi connectivity index (χ4n) is 3.15. The highest BCUT2D eigenvalue weighted by molar-refractivity contribution is 7.92. The highest BCUT2D eigenvalue weighted by Gasteiger charge is 2.27. The first-order valence-corrected chi connectivity index (χ1v) is 12.2. The zero-order valence-corrected chi connectivity index (χ0v) is 20.7. The van der Waals surface area contributed by atoms with Gasteiger partial charge in [0.05, 0.1) is 29.9 Å². The van der Waals surface area contributed by atoms with Crippen LogP contribution in [0.2, 0.25) is 0 Å². The number of carboxylic acids is 1. The van der Waals surface area contributed by atoms with E-state index < -0.39 is 28.4 Å². The molecule has 0 atom stereocenters. The van der Waals surface area contributed by atoms with Crippen LogP contribution in [-0.4, -0.2) is 46.1 Å². The first-order valence-electron chi connectivity index (χ1n) is 10.8. The Morgan fingerprint density at radius 3 is 2.14 bits per heavy atom. The Kier molecular flexibility index (Phi) is 8.59. The molecule has 3 rings (SSSR count). The average molecular weight is 524 g/mol. The first kappa shape index (κ1) is 26.9. The number of ether oxygens (including phenoxy) is 1. The molecule has 192 valence electrons. The van der Waals surface area contributed by atoms with Crippen LogP contribution in [0.15, 0.2) is 82.8 Å². The summed E-state index contributed by atoms with van der Waals surface area (Å²) in [6.07, 6.45) is 1.28. The number of hydrogen-bond donors (Lipinski definition) is 2. The van der Waals surface area contributed by atoms with Crippen molar-refractivity contribution in [3.05, 3.63) is 83.9 Å². The lowest BCUT2D eigenvalue weighted by molar-refractivity contribution is -0.255. The minimum Gasteiger partial charge on any atom is -0.545 e. The summed E-state index contributed by atoms with van der Waals surface area (Å²) in [7, 11) is -2.73. The van der Waals surface area contributed by atoms with Gasteiger partial charge in [-0.3, -0.25) is 13.9 Å². The van der Waals surface area contributed by atoms with Crippen molar-refractivity contribution in [2.75, 3.05) is 23.3 Å². The normalized spacial score (nSPS) is 11.1. The Morgan fingerprint density at radius 1 is 0.973 bits per heavy atom. The Balaban J connectivity index is 1.82. The third kappa shape index (κ3) is 7.15. The maximum absolute atomic E-state index is 13.5. The summed E-state index contributed by atoms with van der Waals surface area (Å²) in [5.41, 5.74) is 3.40. The van der Waals surface area contributed by atoms with E-state index >= 15 is 0 Å². The Hall–Kier alpha value is -4.71. The highest BCUT2D eigenvalue weighted by Crippen LogP contribution is 2.26. The van der Waals surface area contributed by atoms with Gasteiger partial charge in [-0.1, -0.05) is 24.3 Å². The molecule has 0 saturated heterocycles. The second-order valence-electron chi connectivity index (χ2n) is 7.62. The van der Waals surface area contributed by atoms with Crippen molar-refractivity contribution in [1.82, 2.24) is 5.43 Å². The number of carboxylic acid groups (broad SMARTS) is 1. The van der Waals surface area contributed by atoms with Gasteiger partial charge in [0, 0.05) is 12.6 Å². The standard InChI is InChI=1S/C25H24N4O7S/c1-17(30)27-20-7-13-23(14-8-20)37(34,35)29(21-9-11-22(36-2)12-10-21)16-24(31)28-26-15-18-3-5-19(6-4-18)25(32)33/h3-15H,16H2,1-2H3,(H,27,30)(H,28,31)(H,32,33)/p-1/b26-15-. The van der Waals surface area contributed by atoms with Gasteiger partial charge in [-0.05, 0) is 59.7 Å². The topological polar surface area (TPSA) is 157 Å². The number of aromatic carboxylic acids is 1. The van der Waals surface area contributed by atoms with Crippen molar-refractivity contribution in [3.63, 3.8) is 0 Å². The lowest BCUT2D eigenvalue weighted by Crippen LogP contribution is -2.39. The van der Waals surface area contributed by atoms with Crippen molar-refractivity contribution in [2.24, 2.45) is 5.10 Å². The number of anilines is 2. The molecule has 2 amide bonds. The lowest BCUT2D eigenvalue weighted by atomic mass is 10.1. The van der Waals surface area contributed by atoms with Crippen LogP contribution in [0.25, 0.3) is 0 Å². The van der Waals surface area contributed by atoms with Crippen molar-refractivity contribution in [1.29, 1.82) is 0 Å². The SMILES string of the molecule is COc1ccc(N(CC(=O)N/N=C\c2ccc(C(=O)[O-])cc2)S(=O)(=O)c2ccc(NC(C)=O)cc2)cc1. The second-order valence-corrected chi connectivity index (χ2v) is 9.48. The van der Waals surface area contributed by atoms with E-state index in [-0.39, 0.29) is 22.1 Å². The molecule has 11 nitrogen and oxygen atoms in total. The molecule has 0 aliphatic rings. The smallest absolute Gasteiger partial charge is 0.264 e. The number of hydrazone groups is 1. The first-order chi connectivity index (χ1) is 17.6. The monoisotopic (exact) mass is 523 g/mol. The number of nitrogens with one attached hydrogen (secondary N) is 2. The molecule has 3 aromatic rings. The molecule has 0 radical (unpaired) electrons. The van der Waals surface area contributed by atoms with Gasteiger partial charge >= 0.3 is 0 Å². The van der Waals surface area contributed by atoms with Crippen molar-refractivity contribution in [2.45, 2.75) is 11.8 Å². The van der Waals surface area contributed by atoms with Crippen LogP contribution in [0, 0.1) is 0 Å². The number of benzene rings is 3. The summed E-state index contributed by atoms with van der Waals surface area (Å²) in [4.78, 5) is 34.6. The van der Waals surface area contributed by atoms with E-state index in [1.165, 1.54) is 80.9 Å². The predicted octanol–water partition coefficient (Wildman–Crippen LogP) is 1.36. The molecule has 0 bridgehead atoms. The van der Waals surface area contributed by atoms with Crippen molar-refractivity contribution >= 4 is 45.4 Å². The molecule has 0 saturated carbocycles. The Labute approximate surface area is 213 Å². The third-order valence-corrected chi connectivity index (χ3v) is 6.75. The number of methoxy groups -OCH3 is 1. The molecule has 0 spiro atoms. The van der Waals surface area contributed by atoms with Gasteiger partial charge in [0.15, 0.2) is 0 Å². The van der Waals surface area contributed by atoms with Crippen LogP contribution >= 0.6 is 0 Å². The molecule has 0 aromatic heterocycles. The molecule has 0 unspecified atom stereocenters. The van der Waals surface area contributed by atoms with Crippen LogP contribution in [0.1, 0.15) is 22.8 Å². The number of carbonyl (C=O) groups excluding carboxylic acids is 3. The summed E-state index contributed by atoms with van der Waals surface area (Å²) in [6, 6.07) is 17.2. The molecule has 0 aliphatic heterocycles. The summed E-state index contributed by atoms with van der Waals surface area (Å²) < 4.78 is 33.0. The zero-order valence-electron chi connectivity index (χ0n) is 19.9. The van der Waals surface area contributed by atoms with Crippen LogP contribution < -0.4 is 24.9 Å². The number of carbonyl (C=O) groups is 3. The second kappa shape index (κ2) is 11.8. The third-order valence-electron chi connectivity index (χ3n) is 4.96. The maximum Gasteiger partial charge on any atom is 0.264 e. The van der Waals surface area contributed by atoms with Gasteiger partial charge in [-0.25, -0.2) is 13.8 Å². The minimum absolute atomic E-state index is 0.00775. The molecule has 3 aromatic carbocycles. The number of sulfonamides is 1. The van der Waals surface area contributed by atoms with E-state index in [9.17, 15) is 27.9 Å². The Morgan fingerprint density at radius 2 is 1.59 bits per heavy atom. The lowest BCUT2D eigenvalue weighted by Gasteiger charge is -2.24. The van der Waals surface area contributed by atoms with Gasteiger partial charge in [0.2, 0.25) is 5.91 Å². The van der Waals surface area contributed by atoms with Gasteiger partial charge < -0.3 is 20.0 Å². The molecular weight excluding hydrogens is 500 g/mol. The largest absolute Gasteiger partial charge is 0.545 e. The summed E-state index contributed by atoms with van der Waals surface area (Å²) in [6.45, 7) is 0.739. The van der Waals surface area contributed by atoms with Crippen molar-refractivity contribution in [3.8, 4) is 5.75 Å². The summed E-state index contributed by atoms with van der Waals surface area (Å²) >= 11 is 0. The average Bonchev–Trinajstić information content (AvgIpc) is 2.87. The van der Waals surface area contributed by atoms with E-state index in [2.05, 4.69) is 15.8 Å². The molecular formula is C25H23N4O7S-. The van der Waals surface area contributed by atoms with Crippen molar-refractivity contribution < 1.29 is 32.6 Å². The molecule has 0 heterocycles. The summed E-state index contributed by atoms with van der Waals surface area (Å²) in [5, 5.41) is 17.2. The highest BCUT2D eigenvalue weighted by atomic mass is 32.2. The summed E-state index contributed by atoms with van der Waals surface area (Å²) in [5.74, 6) is -1.85. The van der Waals surface area contributed by atoms with Crippen LogP contribution in [0.5, 0.6) is 5.75 Å². The van der Waals surface area contributed by atoms with Gasteiger partial charge in [-0.2, -0.15) is 5.10 Å². The molecule has 12 heteroatoms. The van der Waals surface area contributed by atoms with Crippen LogP contribution in [-0.2, 0) is 19.6 Å². The number of rotatable bonds is 10. The van der Waals surface area contributed by atoms with E-state index in [1.54, 1.807) is 12.1 Å².